The summed E-state index contributed by atoms with van der Waals surface area (Å²) in [6.45, 7) is 10.3. The molecule has 0 aliphatic carbocycles. The highest BCUT2D eigenvalue weighted by molar-refractivity contribution is 9.10. The molecule has 1 heterocycles. The predicted molar refractivity (Wildman–Crippen MR) is 154 cm³/mol. The van der Waals surface area contributed by atoms with Crippen LogP contribution in [0.25, 0.3) is 22.3 Å². The van der Waals surface area contributed by atoms with Crippen molar-refractivity contribution in [3.8, 4) is 22.9 Å². The van der Waals surface area contributed by atoms with Crippen LogP contribution in [-0.4, -0.2) is 29.1 Å². The average molecular weight is 563 g/mol. The van der Waals surface area contributed by atoms with Crippen molar-refractivity contribution in [3.63, 3.8) is 0 Å². The third kappa shape index (κ3) is 5.62. The van der Waals surface area contributed by atoms with Gasteiger partial charge in [-0.3, -0.25) is 4.79 Å². The minimum absolute atomic E-state index is 0.115. The molecule has 0 fully saturated rings. The number of aryl methyl sites for hydroxylation is 1. The summed E-state index contributed by atoms with van der Waals surface area (Å²) < 4.78 is 13.8. The molecule has 1 aromatic heterocycles. The Labute approximate surface area is 226 Å². The molecule has 6 nitrogen and oxygen atoms in total. The molecule has 4 rings (SSSR count). The molecule has 3 aromatic carbocycles. The second-order valence-electron chi connectivity index (χ2n) is 9.40. The van der Waals surface area contributed by atoms with E-state index in [2.05, 4.69) is 47.9 Å². The first-order chi connectivity index (χ1) is 17.7. The maximum absolute atomic E-state index is 13.6. The Bertz CT molecular complexity index is 1530. The Kier molecular flexibility index (Phi) is 8.13. The molecule has 0 saturated carbocycles. The van der Waals surface area contributed by atoms with E-state index in [1.54, 1.807) is 19.4 Å². The molecule has 0 radical (unpaired) electrons. The number of benzene rings is 3. The van der Waals surface area contributed by atoms with Gasteiger partial charge in [-0.05, 0) is 101 Å². The van der Waals surface area contributed by atoms with Gasteiger partial charge in [0.2, 0.25) is 0 Å². The molecule has 37 heavy (non-hydrogen) atoms. The molecule has 0 aliphatic heterocycles. The maximum atomic E-state index is 13.6. The van der Waals surface area contributed by atoms with Crippen LogP contribution in [0.2, 0.25) is 0 Å². The Morgan fingerprint density at radius 2 is 1.84 bits per heavy atom. The monoisotopic (exact) mass is 561 g/mol. The van der Waals surface area contributed by atoms with Gasteiger partial charge in [0.1, 0.15) is 11.5 Å². The summed E-state index contributed by atoms with van der Waals surface area (Å²) in [6, 6.07) is 17.1. The van der Waals surface area contributed by atoms with E-state index in [0.717, 1.165) is 44.6 Å². The van der Waals surface area contributed by atoms with E-state index in [9.17, 15) is 4.79 Å². The Morgan fingerprint density at radius 1 is 1.08 bits per heavy atom. The van der Waals surface area contributed by atoms with Crippen molar-refractivity contribution in [2.24, 2.45) is 5.10 Å². The van der Waals surface area contributed by atoms with Crippen LogP contribution in [0.3, 0.4) is 0 Å². The van der Waals surface area contributed by atoms with Crippen molar-refractivity contribution in [3.05, 3.63) is 86.1 Å². The smallest absolute Gasteiger partial charge is 0.282 e. The van der Waals surface area contributed by atoms with E-state index in [0.29, 0.717) is 16.7 Å². The standard InChI is InChI=1S/C30H32BrN3O3/c1-7-20(5)37-27-13-12-21(15-25(27)31)17-32-34-29(33-26-11-9-8-10-22(26)30(34)35)24-16-23(18(2)3)28(36-6)14-19(24)4/h8-18,20H,7H2,1-6H3/t20-/m1/s1. The van der Waals surface area contributed by atoms with Gasteiger partial charge in [0.25, 0.3) is 5.56 Å². The van der Waals surface area contributed by atoms with E-state index in [-0.39, 0.29) is 17.6 Å². The lowest BCUT2D eigenvalue weighted by molar-refractivity contribution is 0.216. The second-order valence-corrected chi connectivity index (χ2v) is 10.3. The van der Waals surface area contributed by atoms with Gasteiger partial charge in [0.15, 0.2) is 5.82 Å². The number of fused-ring (bicyclic) bond motifs is 1. The Hall–Kier alpha value is -3.45. The first kappa shape index (κ1) is 26.6. The Balaban J connectivity index is 1.87. The number of ether oxygens (including phenoxy) is 2. The van der Waals surface area contributed by atoms with Gasteiger partial charge in [-0.2, -0.15) is 9.78 Å². The van der Waals surface area contributed by atoms with Crippen molar-refractivity contribution in [2.75, 3.05) is 7.11 Å². The van der Waals surface area contributed by atoms with Crippen LogP contribution >= 0.6 is 15.9 Å². The number of rotatable bonds is 8. The van der Waals surface area contributed by atoms with Gasteiger partial charge >= 0.3 is 0 Å². The van der Waals surface area contributed by atoms with Crippen LogP contribution in [0.5, 0.6) is 11.5 Å². The zero-order valence-corrected chi connectivity index (χ0v) is 23.7. The molecular weight excluding hydrogens is 530 g/mol. The highest BCUT2D eigenvalue weighted by Crippen LogP contribution is 2.34. The molecule has 4 aromatic rings. The minimum atomic E-state index is -0.228. The van der Waals surface area contributed by atoms with Gasteiger partial charge < -0.3 is 9.47 Å². The summed E-state index contributed by atoms with van der Waals surface area (Å²) in [6.07, 6.45) is 2.70. The summed E-state index contributed by atoms with van der Waals surface area (Å²) in [5.74, 6) is 2.30. The summed E-state index contributed by atoms with van der Waals surface area (Å²) in [5, 5.41) is 5.14. The zero-order chi connectivity index (χ0) is 26.7. The van der Waals surface area contributed by atoms with Crippen molar-refractivity contribution in [1.29, 1.82) is 0 Å². The average Bonchev–Trinajstić information content (AvgIpc) is 2.89. The molecule has 0 aliphatic rings. The number of aromatic nitrogens is 2. The third-order valence-electron chi connectivity index (χ3n) is 6.37. The van der Waals surface area contributed by atoms with E-state index in [1.807, 2.05) is 56.3 Å². The molecule has 0 spiro atoms. The van der Waals surface area contributed by atoms with Crippen molar-refractivity contribution >= 4 is 33.0 Å². The third-order valence-corrected chi connectivity index (χ3v) is 6.99. The van der Waals surface area contributed by atoms with Crippen molar-refractivity contribution < 1.29 is 9.47 Å². The summed E-state index contributed by atoms with van der Waals surface area (Å²) in [5.41, 5.74) is 4.05. The van der Waals surface area contributed by atoms with Crippen LogP contribution in [0.15, 0.2) is 69.0 Å². The van der Waals surface area contributed by atoms with Gasteiger partial charge in [-0.25, -0.2) is 4.98 Å². The predicted octanol–water partition coefficient (Wildman–Crippen LogP) is 7.33. The highest BCUT2D eigenvalue weighted by atomic mass is 79.9. The van der Waals surface area contributed by atoms with Crippen LogP contribution in [0, 0.1) is 6.92 Å². The highest BCUT2D eigenvalue weighted by Gasteiger charge is 2.18. The fraction of sp³-hybridized carbons (Fsp3) is 0.300. The molecule has 7 heteroatoms. The molecule has 0 saturated heterocycles. The minimum Gasteiger partial charge on any atom is -0.496 e. The molecule has 192 valence electrons. The number of nitrogens with zero attached hydrogens (tertiary/aromatic N) is 3. The largest absolute Gasteiger partial charge is 0.496 e. The number of para-hydroxylation sites is 1. The van der Waals surface area contributed by atoms with Gasteiger partial charge in [0, 0.05) is 5.56 Å². The summed E-state index contributed by atoms with van der Waals surface area (Å²) >= 11 is 3.59. The first-order valence-electron chi connectivity index (χ1n) is 12.4. The van der Waals surface area contributed by atoms with E-state index in [1.165, 1.54) is 4.68 Å². The van der Waals surface area contributed by atoms with Crippen LogP contribution < -0.4 is 15.0 Å². The van der Waals surface area contributed by atoms with E-state index in [4.69, 9.17) is 14.5 Å². The van der Waals surface area contributed by atoms with Crippen LogP contribution in [-0.2, 0) is 0 Å². The topological polar surface area (TPSA) is 65.7 Å². The zero-order valence-electron chi connectivity index (χ0n) is 22.1. The van der Waals surface area contributed by atoms with Crippen molar-refractivity contribution in [1.82, 2.24) is 9.66 Å². The molecule has 1 atom stereocenters. The van der Waals surface area contributed by atoms with Gasteiger partial charge in [0.05, 0.1) is 34.8 Å². The molecule has 0 N–H and O–H groups in total. The van der Waals surface area contributed by atoms with E-state index >= 15 is 0 Å². The van der Waals surface area contributed by atoms with Gasteiger partial charge in [-0.15, -0.1) is 0 Å². The quantitative estimate of drug-likeness (QED) is 0.211. The molecular formula is C30H32BrN3O3. The molecule has 0 unspecified atom stereocenters. The lowest BCUT2D eigenvalue weighted by Gasteiger charge is -2.17. The van der Waals surface area contributed by atoms with Crippen LogP contribution in [0.4, 0.5) is 0 Å². The van der Waals surface area contributed by atoms with Crippen LogP contribution in [0.1, 0.15) is 56.7 Å². The number of hydrogen-bond donors (Lipinski definition) is 0. The van der Waals surface area contributed by atoms with E-state index < -0.39 is 0 Å². The first-order valence-corrected chi connectivity index (χ1v) is 13.2. The number of methoxy groups -OCH3 is 1. The lowest BCUT2D eigenvalue weighted by atomic mass is 9.96. The maximum Gasteiger partial charge on any atom is 0.282 e. The van der Waals surface area contributed by atoms with Crippen molar-refractivity contribution in [2.45, 2.75) is 53.1 Å². The SMILES string of the molecule is CC[C@@H](C)Oc1ccc(C=Nn2c(-c3cc(C(C)C)c(OC)cc3C)nc3ccccc3c2=O)cc1Br. The molecule has 0 bridgehead atoms. The number of halogens is 1. The second kappa shape index (κ2) is 11.3. The van der Waals surface area contributed by atoms with Gasteiger partial charge in [-0.1, -0.05) is 32.9 Å². The fourth-order valence-electron chi connectivity index (χ4n) is 4.09. The summed E-state index contributed by atoms with van der Waals surface area (Å²) in [4.78, 5) is 18.5. The fourth-order valence-corrected chi connectivity index (χ4v) is 4.58. The molecule has 0 amide bonds. The normalized spacial score (nSPS) is 12.4. The Morgan fingerprint density at radius 3 is 2.51 bits per heavy atom. The summed E-state index contributed by atoms with van der Waals surface area (Å²) in [7, 11) is 1.67. The number of hydrogen-bond acceptors (Lipinski definition) is 5. The lowest BCUT2D eigenvalue weighted by Crippen LogP contribution is -2.20.